The number of carbonyl (C=O) groups is 1. The number of carbonyl (C=O) groups excluding carboxylic acids is 1. The molecule has 0 spiro atoms. The lowest BCUT2D eigenvalue weighted by Crippen LogP contribution is -2.41. The van der Waals surface area contributed by atoms with Crippen LogP contribution in [0.5, 0.6) is 0 Å². The number of likely N-dealkylation sites (tertiary alicyclic amines) is 1. The normalized spacial score (nSPS) is 28.3. The van der Waals surface area contributed by atoms with Crippen LogP contribution in [-0.2, 0) is 9.53 Å². The maximum Gasteiger partial charge on any atom is 0.389 e. The van der Waals surface area contributed by atoms with Gasteiger partial charge in [-0.15, -0.1) is 0 Å². The van der Waals surface area contributed by atoms with Crippen molar-refractivity contribution in [3.8, 4) is 0 Å². The molecule has 0 bridgehead atoms. The Morgan fingerprint density at radius 2 is 1.81 bits per heavy atom. The molecule has 150 valence electrons. The van der Waals surface area contributed by atoms with Crippen LogP contribution in [0.2, 0.25) is 0 Å². The van der Waals surface area contributed by atoms with E-state index in [-0.39, 0.29) is 12.0 Å². The summed E-state index contributed by atoms with van der Waals surface area (Å²) in [6, 6.07) is 0. The zero-order valence-electron chi connectivity index (χ0n) is 15.4. The molecule has 0 radical (unpaired) electrons. The minimum absolute atomic E-state index is 0.151. The Morgan fingerprint density at radius 1 is 1.12 bits per heavy atom. The third-order valence-corrected chi connectivity index (χ3v) is 6.23. The van der Waals surface area contributed by atoms with Crippen LogP contribution >= 0.6 is 0 Å². The van der Waals surface area contributed by atoms with Gasteiger partial charge in [-0.25, -0.2) is 0 Å². The molecule has 1 saturated carbocycles. The van der Waals surface area contributed by atoms with Crippen LogP contribution in [0.4, 0.5) is 13.2 Å². The van der Waals surface area contributed by atoms with E-state index in [0.717, 1.165) is 56.7 Å². The lowest BCUT2D eigenvalue weighted by Gasteiger charge is -2.32. The van der Waals surface area contributed by atoms with Crippen LogP contribution in [0, 0.1) is 17.8 Å². The van der Waals surface area contributed by atoms with Crippen LogP contribution in [0.1, 0.15) is 51.4 Å². The molecule has 3 rings (SSSR count). The number of ether oxygens (including phenoxy) is 1. The van der Waals surface area contributed by atoms with Gasteiger partial charge in [-0.1, -0.05) is 0 Å². The molecule has 1 amide bonds. The molecule has 2 heterocycles. The van der Waals surface area contributed by atoms with Gasteiger partial charge in [0, 0.05) is 26.1 Å². The second-order valence-electron chi connectivity index (χ2n) is 8.10. The van der Waals surface area contributed by atoms with Gasteiger partial charge in [0.25, 0.3) is 0 Å². The van der Waals surface area contributed by atoms with Gasteiger partial charge in [0.05, 0.1) is 12.5 Å². The van der Waals surface area contributed by atoms with Crippen LogP contribution < -0.4 is 5.32 Å². The van der Waals surface area contributed by atoms with E-state index in [2.05, 4.69) is 5.32 Å². The number of hydrogen-bond acceptors (Lipinski definition) is 3. The highest BCUT2D eigenvalue weighted by atomic mass is 19.4. The Hall–Kier alpha value is -0.820. The topological polar surface area (TPSA) is 41.6 Å². The molecule has 3 fully saturated rings. The van der Waals surface area contributed by atoms with E-state index in [1.54, 1.807) is 4.90 Å². The molecule has 3 aliphatic rings. The van der Waals surface area contributed by atoms with Crippen molar-refractivity contribution in [2.45, 2.75) is 63.6 Å². The summed E-state index contributed by atoms with van der Waals surface area (Å²) in [6.45, 7) is 4.12. The summed E-state index contributed by atoms with van der Waals surface area (Å²) >= 11 is 0. The number of nitrogens with zero attached hydrogens (tertiary/aromatic N) is 1. The number of amides is 1. The van der Waals surface area contributed by atoms with Gasteiger partial charge in [0.2, 0.25) is 5.91 Å². The molecule has 4 nitrogen and oxygen atoms in total. The van der Waals surface area contributed by atoms with Gasteiger partial charge < -0.3 is 15.0 Å². The highest BCUT2D eigenvalue weighted by Gasteiger charge is 2.42. The third kappa shape index (κ3) is 6.12. The molecule has 2 unspecified atom stereocenters. The fraction of sp³-hybridized carbons (Fsp3) is 0.947. The Bertz CT molecular complexity index is 458. The Kier molecular flexibility index (Phi) is 6.83. The zero-order valence-corrected chi connectivity index (χ0v) is 15.4. The quantitative estimate of drug-likeness (QED) is 0.741. The van der Waals surface area contributed by atoms with Gasteiger partial charge in [-0.2, -0.15) is 13.2 Å². The van der Waals surface area contributed by atoms with Crippen LogP contribution in [-0.4, -0.2) is 55.9 Å². The maximum absolute atomic E-state index is 12.2. The third-order valence-electron chi connectivity index (χ3n) is 6.23. The number of alkyl halides is 3. The smallest absolute Gasteiger partial charge is 0.378 e. The summed E-state index contributed by atoms with van der Waals surface area (Å²) in [6.07, 6.45) is 0.992. The van der Waals surface area contributed by atoms with E-state index in [9.17, 15) is 18.0 Å². The monoisotopic (exact) mass is 376 g/mol. The van der Waals surface area contributed by atoms with Crippen LogP contribution in [0.15, 0.2) is 0 Å². The molecule has 1 aliphatic carbocycles. The van der Waals surface area contributed by atoms with Gasteiger partial charge in [0.1, 0.15) is 0 Å². The molecule has 0 aromatic heterocycles. The van der Waals surface area contributed by atoms with Crippen molar-refractivity contribution in [1.29, 1.82) is 0 Å². The van der Waals surface area contributed by atoms with E-state index >= 15 is 0 Å². The van der Waals surface area contributed by atoms with Crippen LogP contribution in [0.25, 0.3) is 0 Å². The van der Waals surface area contributed by atoms with E-state index < -0.39 is 19.0 Å². The summed E-state index contributed by atoms with van der Waals surface area (Å²) in [4.78, 5) is 13.4. The van der Waals surface area contributed by atoms with Crippen molar-refractivity contribution < 1.29 is 22.7 Å². The summed E-state index contributed by atoms with van der Waals surface area (Å²) < 4.78 is 42.6. The highest BCUT2D eigenvalue weighted by Crippen LogP contribution is 2.49. The Morgan fingerprint density at radius 3 is 2.46 bits per heavy atom. The molecule has 2 atom stereocenters. The first-order valence-corrected chi connectivity index (χ1v) is 10.1. The summed E-state index contributed by atoms with van der Waals surface area (Å²) in [5.41, 5.74) is 0. The summed E-state index contributed by atoms with van der Waals surface area (Å²) in [5, 5.41) is 3.42. The van der Waals surface area contributed by atoms with Crippen molar-refractivity contribution in [2.24, 2.45) is 17.8 Å². The number of nitrogens with one attached hydrogen (secondary N) is 1. The van der Waals surface area contributed by atoms with Crippen LogP contribution in [0.3, 0.4) is 0 Å². The molecule has 1 N–H and O–H groups in total. The molecule has 2 aliphatic heterocycles. The molecule has 26 heavy (non-hydrogen) atoms. The van der Waals surface area contributed by atoms with Gasteiger partial charge in [-0.05, 0) is 69.4 Å². The second kappa shape index (κ2) is 8.91. The Balaban J connectivity index is 1.25. The summed E-state index contributed by atoms with van der Waals surface area (Å²) in [5.74, 6) is 2.23. The van der Waals surface area contributed by atoms with Crippen molar-refractivity contribution >= 4 is 5.91 Å². The lowest BCUT2D eigenvalue weighted by molar-refractivity contribution is -0.150. The standard InChI is InChI=1S/C19H31F3N2O2/c20-19(21,22)7-1-18(25)24-10-4-16(5-11-24)26-12-6-15-13-17(15)14-2-8-23-9-3-14/h14-17,23H,1-13H2. The highest BCUT2D eigenvalue weighted by molar-refractivity contribution is 5.76. The first kappa shape index (κ1) is 19.9. The van der Waals surface area contributed by atoms with E-state index in [1.165, 1.54) is 19.3 Å². The number of hydrogen-bond donors (Lipinski definition) is 1. The van der Waals surface area contributed by atoms with Gasteiger partial charge >= 0.3 is 6.18 Å². The molecular formula is C19H31F3N2O2. The SMILES string of the molecule is O=C(CCC(F)(F)F)N1CCC(OCCC2CC2C2CCNCC2)CC1. The minimum atomic E-state index is -4.26. The average molecular weight is 376 g/mol. The fourth-order valence-electron chi connectivity index (χ4n) is 4.52. The zero-order chi connectivity index (χ0) is 18.6. The van der Waals surface area contributed by atoms with Crippen molar-refractivity contribution in [2.75, 3.05) is 32.8 Å². The molecular weight excluding hydrogens is 345 g/mol. The van der Waals surface area contributed by atoms with Gasteiger partial charge in [-0.3, -0.25) is 4.79 Å². The minimum Gasteiger partial charge on any atom is -0.378 e. The van der Waals surface area contributed by atoms with E-state index in [1.807, 2.05) is 0 Å². The van der Waals surface area contributed by atoms with Gasteiger partial charge in [0.15, 0.2) is 0 Å². The number of rotatable bonds is 7. The molecule has 0 aromatic rings. The molecule has 7 heteroatoms. The predicted molar refractivity (Wildman–Crippen MR) is 92.7 cm³/mol. The average Bonchev–Trinajstić information content (AvgIpc) is 3.40. The first-order chi connectivity index (χ1) is 12.4. The second-order valence-corrected chi connectivity index (χ2v) is 8.10. The van der Waals surface area contributed by atoms with Crippen molar-refractivity contribution in [1.82, 2.24) is 10.2 Å². The predicted octanol–water partition coefficient (Wildman–Crippen LogP) is 3.36. The lowest BCUT2D eigenvalue weighted by atomic mass is 9.91. The number of piperidine rings is 2. The largest absolute Gasteiger partial charge is 0.389 e. The van der Waals surface area contributed by atoms with E-state index in [4.69, 9.17) is 4.74 Å². The van der Waals surface area contributed by atoms with Crippen molar-refractivity contribution in [3.05, 3.63) is 0 Å². The number of halogens is 3. The fourth-order valence-corrected chi connectivity index (χ4v) is 4.52. The molecule has 2 saturated heterocycles. The Labute approximate surface area is 153 Å². The molecule has 0 aromatic carbocycles. The maximum atomic E-state index is 12.2. The van der Waals surface area contributed by atoms with Crippen molar-refractivity contribution in [3.63, 3.8) is 0 Å². The van der Waals surface area contributed by atoms with E-state index in [0.29, 0.717) is 13.1 Å². The first-order valence-electron chi connectivity index (χ1n) is 10.1. The summed E-state index contributed by atoms with van der Waals surface area (Å²) in [7, 11) is 0.